The molecule has 1 N–H and O–H groups in total. The van der Waals surface area contributed by atoms with Gasteiger partial charge in [-0.1, -0.05) is 26.3 Å². The maximum Gasteiger partial charge on any atom is 0.134 e. The molecule has 0 radical (unpaired) electrons. The first-order chi connectivity index (χ1) is 10.1. The van der Waals surface area contributed by atoms with E-state index in [4.69, 9.17) is 4.42 Å². The molecule has 0 spiro atoms. The lowest BCUT2D eigenvalue weighted by Gasteiger charge is -2.11. The summed E-state index contributed by atoms with van der Waals surface area (Å²) in [6.45, 7) is 8.25. The summed E-state index contributed by atoms with van der Waals surface area (Å²) in [4.78, 5) is 0. The highest BCUT2D eigenvalue weighted by atomic mass is 19.1. The van der Waals surface area contributed by atoms with Crippen LogP contribution in [0.25, 0.3) is 17.4 Å². The summed E-state index contributed by atoms with van der Waals surface area (Å²) in [6, 6.07) is 10.2. The Labute approximate surface area is 125 Å². The Kier molecular flexibility index (Phi) is 5.34. The zero-order valence-electron chi connectivity index (χ0n) is 12.8. The average Bonchev–Trinajstić information content (AvgIpc) is 2.92. The third kappa shape index (κ3) is 4.30. The number of likely N-dealkylation sites (N-methyl/N-ethyl adjacent to an activating group) is 1. The van der Waals surface area contributed by atoms with Crippen molar-refractivity contribution in [3.8, 4) is 11.3 Å². The van der Waals surface area contributed by atoms with Crippen molar-refractivity contribution < 1.29 is 8.81 Å². The van der Waals surface area contributed by atoms with E-state index in [1.54, 1.807) is 12.1 Å². The Morgan fingerprint density at radius 3 is 2.52 bits per heavy atom. The maximum atomic E-state index is 12.9. The molecular formula is C18H22FNO. The normalized spacial score (nSPS) is 12.1. The van der Waals surface area contributed by atoms with E-state index in [0.717, 1.165) is 30.2 Å². The Balaban J connectivity index is 2.20. The van der Waals surface area contributed by atoms with Crippen molar-refractivity contribution >= 4 is 6.08 Å². The van der Waals surface area contributed by atoms with Crippen molar-refractivity contribution in [3.63, 3.8) is 0 Å². The molecule has 0 fully saturated rings. The van der Waals surface area contributed by atoms with Crippen LogP contribution >= 0.6 is 0 Å². The summed E-state index contributed by atoms with van der Waals surface area (Å²) < 4.78 is 18.8. The fraction of sp³-hybridized carbons (Fsp3) is 0.333. The quantitative estimate of drug-likeness (QED) is 0.830. The van der Waals surface area contributed by atoms with Crippen LogP contribution in [0.5, 0.6) is 0 Å². The van der Waals surface area contributed by atoms with Crippen LogP contribution in [0.1, 0.15) is 26.5 Å². The number of rotatable bonds is 6. The number of hydrogen-bond donors (Lipinski definition) is 1. The van der Waals surface area contributed by atoms with Crippen molar-refractivity contribution in [2.24, 2.45) is 5.92 Å². The molecule has 1 heterocycles. The zero-order chi connectivity index (χ0) is 15.2. The molecule has 0 saturated heterocycles. The molecule has 1 aromatic carbocycles. The van der Waals surface area contributed by atoms with Crippen LogP contribution in [-0.4, -0.2) is 13.1 Å². The van der Waals surface area contributed by atoms with Crippen molar-refractivity contribution in [3.05, 3.63) is 53.5 Å². The number of nitrogens with one attached hydrogen (secondary N) is 1. The summed E-state index contributed by atoms with van der Waals surface area (Å²) >= 11 is 0. The van der Waals surface area contributed by atoms with Gasteiger partial charge in [-0.2, -0.15) is 0 Å². The van der Waals surface area contributed by atoms with Gasteiger partial charge >= 0.3 is 0 Å². The highest BCUT2D eigenvalue weighted by Gasteiger charge is 2.07. The van der Waals surface area contributed by atoms with Gasteiger partial charge in [0.2, 0.25) is 0 Å². The van der Waals surface area contributed by atoms with Gasteiger partial charge in [0, 0.05) is 12.1 Å². The second-order valence-electron chi connectivity index (χ2n) is 5.36. The highest BCUT2D eigenvalue weighted by molar-refractivity contribution is 5.60. The van der Waals surface area contributed by atoms with Crippen LogP contribution in [-0.2, 0) is 0 Å². The minimum Gasteiger partial charge on any atom is -0.457 e. The molecular weight excluding hydrogens is 265 g/mol. The first-order valence-corrected chi connectivity index (χ1v) is 7.37. The van der Waals surface area contributed by atoms with E-state index in [1.807, 2.05) is 12.1 Å². The second kappa shape index (κ2) is 7.23. The van der Waals surface area contributed by atoms with Gasteiger partial charge in [-0.05, 0) is 54.9 Å². The van der Waals surface area contributed by atoms with E-state index in [2.05, 4.69) is 32.2 Å². The Hall–Kier alpha value is -1.87. The zero-order valence-corrected chi connectivity index (χ0v) is 12.8. The van der Waals surface area contributed by atoms with Crippen LogP contribution in [0.3, 0.4) is 0 Å². The lowest BCUT2D eigenvalue weighted by atomic mass is 10.0. The molecule has 0 saturated carbocycles. The molecule has 112 valence electrons. The van der Waals surface area contributed by atoms with Crippen molar-refractivity contribution in [2.75, 3.05) is 13.1 Å². The van der Waals surface area contributed by atoms with Crippen LogP contribution in [0.15, 0.2) is 46.4 Å². The predicted molar refractivity (Wildman–Crippen MR) is 85.5 cm³/mol. The van der Waals surface area contributed by atoms with E-state index in [1.165, 1.54) is 17.7 Å². The van der Waals surface area contributed by atoms with Crippen LogP contribution in [0.2, 0.25) is 0 Å². The van der Waals surface area contributed by atoms with Crippen LogP contribution in [0.4, 0.5) is 4.39 Å². The van der Waals surface area contributed by atoms with E-state index in [0.29, 0.717) is 5.92 Å². The van der Waals surface area contributed by atoms with Gasteiger partial charge in [-0.15, -0.1) is 0 Å². The van der Waals surface area contributed by atoms with Gasteiger partial charge in [0.15, 0.2) is 0 Å². The van der Waals surface area contributed by atoms with Gasteiger partial charge in [-0.25, -0.2) is 4.39 Å². The smallest absolute Gasteiger partial charge is 0.134 e. The fourth-order valence-corrected chi connectivity index (χ4v) is 2.07. The lowest BCUT2D eigenvalue weighted by molar-refractivity contribution is 0.568. The molecule has 1 aromatic heterocycles. The average molecular weight is 287 g/mol. The molecule has 0 unspecified atom stereocenters. The second-order valence-corrected chi connectivity index (χ2v) is 5.36. The Morgan fingerprint density at radius 2 is 1.90 bits per heavy atom. The predicted octanol–water partition coefficient (Wildman–Crippen LogP) is 4.73. The largest absolute Gasteiger partial charge is 0.457 e. The van der Waals surface area contributed by atoms with Crippen LogP contribution in [0, 0.1) is 11.7 Å². The summed E-state index contributed by atoms with van der Waals surface area (Å²) in [5.41, 5.74) is 2.19. The summed E-state index contributed by atoms with van der Waals surface area (Å²) in [5.74, 6) is 1.81. The van der Waals surface area contributed by atoms with Crippen molar-refractivity contribution in [1.82, 2.24) is 5.32 Å². The topological polar surface area (TPSA) is 25.2 Å². The first-order valence-electron chi connectivity index (χ1n) is 7.37. The van der Waals surface area contributed by atoms with Crippen molar-refractivity contribution in [2.45, 2.75) is 20.8 Å². The molecule has 2 aromatic rings. The van der Waals surface area contributed by atoms with E-state index >= 15 is 0 Å². The summed E-state index contributed by atoms with van der Waals surface area (Å²) in [7, 11) is 0. The van der Waals surface area contributed by atoms with Gasteiger partial charge in [-0.3, -0.25) is 0 Å². The van der Waals surface area contributed by atoms with Crippen LogP contribution < -0.4 is 5.32 Å². The van der Waals surface area contributed by atoms with E-state index in [-0.39, 0.29) is 5.82 Å². The number of furan rings is 1. The highest BCUT2D eigenvalue weighted by Crippen LogP contribution is 2.24. The molecule has 0 bridgehead atoms. The molecule has 21 heavy (non-hydrogen) atoms. The van der Waals surface area contributed by atoms with E-state index < -0.39 is 0 Å². The monoisotopic (exact) mass is 287 g/mol. The summed E-state index contributed by atoms with van der Waals surface area (Å²) in [6.07, 6.45) is 2.08. The molecule has 2 rings (SSSR count). The fourth-order valence-electron chi connectivity index (χ4n) is 2.07. The van der Waals surface area contributed by atoms with Gasteiger partial charge in [0.25, 0.3) is 0 Å². The Morgan fingerprint density at radius 1 is 1.19 bits per heavy atom. The molecule has 0 aliphatic heterocycles. The number of hydrogen-bond acceptors (Lipinski definition) is 2. The third-order valence-electron chi connectivity index (χ3n) is 3.40. The summed E-state index contributed by atoms with van der Waals surface area (Å²) in [5, 5.41) is 3.34. The molecule has 0 amide bonds. The maximum absolute atomic E-state index is 12.9. The molecule has 0 atom stereocenters. The molecule has 0 aliphatic carbocycles. The van der Waals surface area contributed by atoms with Gasteiger partial charge in [0.05, 0.1) is 0 Å². The lowest BCUT2D eigenvalue weighted by Crippen LogP contribution is -2.18. The van der Waals surface area contributed by atoms with E-state index in [9.17, 15) is 4.39 Å². The van der Waals surface area contributed by atoms with Crippen molar-refractivity contribution in [1.29, 1.82) is 0 Å². The standard InChI is InChI=1S/C18H22FNO/c1-4-20-12-15(13(2)3)11-17-9-10-18(21-17)14-5-7-16(19)8-6-14/h5-11,13,20H,4,12H2,1-3H3. The number of halogens is 1. The first kappa shape index (κ1) is 15.5. The molecule has 3 heteroatoms. The molecule has 2 nitrogen and oxygen atoms in total. The molecule has 0 aliphatic rings. The van der Waals surface area contributed by atoms with Gasteiger partial charge < -0.3 is 9.73 Å². The minimum absolute atomic E-state index is 0.238. The number of benzene rings is 1. The third-order valence-corrected chi connectivity index (χ3v) is 3.40. The SMILES string of the molecule is CCNCC(=Cc1ccc(-c2ccc(F)cc2)o1)C(C)C. The van der Waals surface area contributed by atoms with Gasteiger partial charge in [0.1, 0.15) is 17.3 Å². The Bertz CT molecular complexity index is 596. The minimum atomic E-state index is -0.238.